The van der Waals surface area contributed by atoms with Crippen molar-refractivity contribution in [2.24, 2.45) is 5.92 Å². The molecule has 18 heavy (non-hydrogen) atoms. The molecule has 0 aromatic carbocycles. The van der Waals surface area contributed by atoms with Gasteiger partial charge >= 0.3 is 5.97 Å². The van der Waals surface area contributed by atoms with Crippen molar-refractivity contribution >= 4 is 5.97 Å². The fourth-order valence-corrected chi connectivity index (χ4v) is 1.77. The second-order valence-electron chi connectivity index (χ2n) is 4.71. The maximum atomic E-state index is 10.4. The van der Waals surface area contributed by atoms with Crippen molar-refractivity contribution in [1.82, 2.24) is 15.1 Å². The molecule has 5 nitrogen and oxygen atoms in total. The lowest BCUT2D eigenvalue weighted by Gasteiger charge is -2.10. The average molecular weight is 253 g/mol. The van der Waals surface area contributed by atoms with Gasteiger partial charge in [0.05, 0.1) is 6.20 Å². The van der Waals surface area contributed by atoms with Crippen molar-refractivity contribution in [2.45, 2.75) is 46.2 Å². The van der Waals surface area contributed by atoms with E-state index in [1.165, 1.54) is 5.56 Å². The lowest BCUT2D eigenvalue weighted by atomic mass is 10.0. The second-order valence-corrected chi connectivity index (χ2v) is 4.71. The van der Waals surface area contributed by atoms with Crippen molar-refractivity contribution in [3.63, 3.8) is 0 Å². The van der Waals surface area contributed by atoms with Gasteiger partial charge in [-0.25, -0.2) is 0 Å². The molecule has 1 atom stereocenters. The largest absolute Gasteiger partial charge is 0.481 e. The number of nitrogens with zero attached hydrogens (tertiary/aromatic N) is 2. The van der Waals surface area contributed by atoms with Crippen LogP contribution in [0.15, 0.2) is 12.4 Å². The zero-order valence-corrected chi connectivity index (χ0v) is 11.2. The highest BCUT2D eigenvalue weighted by Crippen LogP contribution is 2.09. The molecule has 0 radical (unpaired) electrons. The standard InChI is InChI=1S/C13H23N3O2/c1-3-16-10-12(9-15-16)8-14-7-6-11(2)4-5-13(17)18/h9-11,14H,3-8H2,1-2H3,(H,17,18). The van der Waals surface area contributed by atoms with Gasteiger partial charge in [-0.2, -0.15) is 5.10 Å². The molecule has 1 aromatic heterocycles. The molecule has 0 bridgehead atoms. The van der Waals surface area contributed by atoms with Gasteiger partial charge in [0, 0.05) is 31.3 Å². The molecule has 5 heteroatoms. The summed E-state index contributed by atoms with van der Waals surface area (Å²) in [6, 6.07) is 0. The van der Waals surface area contributed by atoms with Gasteiger partial charge in [-0.05, 0) is 32.2 Å². The normalized spacial score (nSPS) is 12.6. The number of nitrogens with one attached hydrogen (secondary N) is 1. The Bertz CT molecular complexity index is 363. The monoisotopic (exact) mass is 253 g/mol. The zero-order chi connectivity index (χ0) is 13.4. The Labute approximate surface area is 108 Å². The van der Waals surface area contributed by atoms with E-state index in [0.717, 1.165) is 32.5 Å². The van der Waals surface area contributed by atoms with Crippen molar-refractivity contribution in [3.05, 3.63) is 18.0 Å². The van der Waals surface area contributed by atoms with Crippen molar-refractivity contribution in [2.75, 3.05) is 6.54 Å². The maximum Gasteiger partial charge on any atom is 0.303 e. The van der Waals surface area contributed by atoms with E-state index >= 15 is 0 Å². The topological polar surface area (TPSA) is 67.2 Å². The van der Waals surface area contributed by atoms with E-state index in [1.54, 1.807) is 0 Å². The van der Waals surface area contributed by atoms with E-state index in [0.29, 0.717) is 5.92 Å². The number of carbonyl (C=O) groups is 1. The first-order chi connectivity index (χ1) is 8.61. The van der Waals surface area contributed by atoms with Crippen LogP contribution in [0, 0.1) is 5.92 Å². The van der Waals surface area contributed by atoms with Gasteiger partial charge in [-0.1, -0.05) is 6.92 Å². The average Bonchev–Trinajstić information content (AvgIpc) is 2.80. The second kappa shape index (κ2) is 7.87. The van der Waals surface area contributed by atoms with Crippen LogP contribution >= 0.6 is 0 Å². The highest BCUT2D eigenvalue weighted by atomic mass is 16.4. The van der Waals surface area contributed by atoms with E-state index < -0.39 is 5.97 Å². The lowest BCUT2D eigenvalue weighted by molar-refractivity contribution is -0.137. The molecule has 0 fully saturated rings. The van der Waals surface area contributed by atoms with E-state index in [4.69, 9.17) is 5.11 Å². The van der Waals surface area contributed by atoms with Crippen LogP contribution in [0.2, 0.25) is 0 Å². The SMILES string of the molecule is CCn1cc(CNCCC(C)CCC(=O)O)cn1. The van der Waals surface area contributed by atoms with Crippen LogP contribution < -0.4 is 5.32 Å². The quantitative estimate of drug-likeness (QED) is 0.659. The van der Waals surface area contributed by atoms with Crippen LogP contribution in [0.3, 0.4) is 0 Å². The fourth-order valence-electron chi connectivity index (χ4n) is 1.77. The minimum atomic E-state index is -0.707. The Morgan fingerprint density at radius 1 is 1.56 bits per heavy atom. The van der Waals surface area contributed by atoms with Gasteiger partial charge in [-0.15, -0.1) is 0 Å². The number of carboxylic acid groups (broad SMARTS) is 1. The van der Waals surface area contributed by atoms with E-state index in [1.807, 2.05) is 17.1 Å². The first kappa shape index (κ1) is 14.7. The molecule has 1 heterocycles. The molecule has 0 aliphatic heterocycles. The molecule has 1 aromatic rings. The Morgan fingerprint density at radius 3 is 2.94 bits per heavy atom. The van der Waals surface area contributed by atoms with E-state index in [-0.39, 0.29) is 6.42 Å². The first-order valence-electron chi connectivity index (χ1n) is 6.55. The van der Waals surface area contributed by atoms with Crippen LogP contribution in [0.5, 0.6) is 0 Å². The summed E-state index contributed by atoms with van der Waals surface area (Å²) in [5, 5.41) is 16.1. The molecular weight excluding hydrogens is 230 g/mol. The number of aromatic nitrogens is 2. The summed E-state index contributed by atoms with van der Waals surface area (Å²) < 4.78 is 1.91. The predicted octanol–water partition coefficient (Wildman–Crippen LogP) is 1.88. The highest BCUT2D eigenvalue weighted by molar-refractivity contribution is 5.66. The van der Waals surface area contributed by atoms with Gasteiger partial charge in [-0.3, -0.25) is 9.48 Å². The summed E-state index contributed by atoms with van der Waals surface area (Å²) in [5.74, 6) is -0.256. The first-order valence-corrected chi connectivity index (χ1v) is 6.55. The number of carboxylic acids is 1. The summed E-state index contributed by atoms with van der Waals surface area (Å²) in [4.78, 5) is 10.4. The van der Waals surface area contributed by atoms with Gasteiger partial charge < -0.3 is 10.4 Å². The molecule has 0 spiro atoms. The van der Waals surface area contributed by atoms with E-state index in [9.17, 15) is 4.79 Å². The van der Waals surface area contributed by atoms with Crippen LogP contribution in [-0.4, -0.2) is 27.4 Å². The van der Waals surface area contributed by atoms with Gasteiger partial charge in [0.25, 0.3) is 0 Å². The third kappa shape index (κ3) is 5.82. The third-order valence-electron chi connectivity index (χ3n) is 3.00. The summed E-state index contributed by atoms with van der Waals surface area (Å²) in [5.41, 5.74) is 1.19. The van der Waals surface area contributed by atoms with Crippen molar-refractivity contribution in [1.29, 1.82) is 0 Å². The number of hydrogen-bond donors (Lipinski definition) is 2. The summed E-state index contributed by atoms with van der Waals surface area (Å²) in [7, 11) is 0. The van der Waals surface area contributed by atoms with Crippen LogP contribution in [0.1, 0.15) is 38.7 Å². The van der Waals surface area contributed by atoms with Gasteiger partial charge in [0.1, 0.15) is 0 Å². The minimum Gasteiger partial charge on any atom is -0.481 e. The predicted molar refractivity (Wildman–Crippen MR) is 70.3 cm³/mol. The molecule has 0 amide bonds. The minimum absolute atomic E-state index is 0.268. The molecule has 2 N–H and O–H groups in total. The van der Waals surface area contributed by atoms with Crippen LogP contribution in [0.4, 0.5) is 0 Å². The third-order valence-corrected chi connectivity index (χ3v) is 3.00. The Kier molecular flexibility index (Phi) is 6.43. The highest BCUT2D eigenvalue weighted by Gasteiger charge is 2.05. The molecule has 0 aliphatic carbocycles. The molecule has 102 valence electrons. The Balaban J connectivity index is 2.09. The maximum absolute atomic E-state index is 10.4. The molecular formula is C13H23N3O2. The molecule has 0 saturated carbocycles. The van der Waals surface area contributed by atoms with Crippen LogP contribution in [-0.2, 0) is 17.9 Å². The van der Waals surface area contributed by atoms with Crippen molar-refractivity contribution in [3.8, 4) is 0 Å². The zero-order valence-electron chi connectivity index (χ0n) is 11.2. The molecule has 1 unspecified atom stereocenters. The number of rotatable bonds is 9. The molecule has 0 saturated heterocycles. The fraction of sp³-hybridized carbons (Fsp3) is 0.692. The van der Waals surface area contributed by atoms with Gasteiger partial charge in [0.15, 0.2) is 0 Å². The Hall–Kier alpha value is -1.36. The van der Waals surface area contributed by atoms with Gasteiger partial charge in [0.2, 0.25) is 0 Å². The Morgan fingerprint density at radius 2 is 2.33 bits per heavy atom. The summed E-state index contributed by atoms with van der Waals surface area (Å²) >= 11 is 0. The number of aryl methyl sites for hydroxylation is 1. The van der Waals surface area contributed by atoms with Crippen LogP contribution in [0.25, 0.3) is 0 Å². The van der Waals surface area contributed by atoms with Crippen molar-refractivity contribution < 1.29 is 9.90 Å². The smallest absolute Gasteiger partial charge is 0.303 e. The number of aliphatic carboxylic acids is 1. The number of hydrogen-bond acceptors (Lipinski definition) is 3. The lowest BCUT2D eigenvalue weighted by Crippen LogP contribution is -2.17. The molecule has 1 rings (SSSR count). The van der Waals surface area contributed by atoms with E-state index in [2.05, 4.69) is 24.3 Å². The summed E-state index contributed by atoms with van der Waals surface area (Å²) in [6.07, 6.45) is 5.95. The molecule has 0 aliphatic rings. The summed E-state index contributed by atoms with van der Waals surface area (Å²) in [6.45, 7) is 6.80.